The molecule has 0 aromatic rings. The summed E-state index contributed by atoms with van der Waals surface area (Å²) in [5.74, 6) is -3.35. The second-order valence-electron chi connectivity index (χ2n) is 22.5. The first-order valence-electron chi connectivity index (χ1n) is 28.6. The largest absolute Gasteiger partial charge is 0.394 e. The number of aliphatic hydroxyl groups is 19. The highest BCUT2D eigenvalue weighted by Gasteiger charge is 2.59. The van der Waals surface area contributed by atoms with Crippen molar-refractivity contribution < 1.29 is 178 Å². The summed E-state index contributed by atoms with van der Waals surface area (Å²) in [6, 6.07) is -6.97. The molecule has 0 aromatic heterocycles. The molecule has 7 aliphatic rings. The van der Waals surface area contributed by atoms with Gasteiger partial charge in [-0.15, -0.1) is 0 Å². The molecule has 35 atom stereocenters. The Hall–Kier alpha value is -3.40. The predicted octanol–water partition coefficient (Wildman–Crippen LogP) is -15.7. The average Bonchev–Trinajstić information content (AvgIpc) is 1.29. The van der Waals surface area contributed by atoms with Gasteiger partial charge in [0, 0.05) is 27.7 Å². The van der Waals surface area contributed by atoms with Crippen LogP contribution in [0.3, 0.4) is 0 Å². The molecule has 0 bridgehead atoms. The molecule has 7 rings (SSSR count). The van der Waals surface area contributed by atoms with Gasteiger partial charge in [-0.2, -0.15) is 0 Å². The predicted molar refractivity (Wildman–Crippen MR) is 278 cm³/mol. The van der Waals surface area contributed by atoms with Gasteiger partial charge >= 0.3 is 0 Å². The first kappa shape index (κ1) is 74.0. The average molecular weight is 1320 g/mol. The van der Waals surface area contributed by atoms with Gasteiger partial charge in [-0.25, -0.2) is 0 Å². The Morgan fingerprint density at radius 1 is 0.289 bits per heavy atom. The minimum absolute atomic E-state index is 0.766. The van der Waals surface area contributed by atoms with Crippen molar-refractivity contribution in [1.82, 2.24) is 21.3 Å². The van der Waals surface area contributed by atoms with E-state index < -0.39 is 285 Å². The first-order valence-corrected chi connectivity index (χ1v) is 28.6. The number of carbonyl (C=O) groups excluding carboxylic acids is 4. The van der Waals surface area contributed by atoms with E-state index in [9.17, 15) is 116 Å². The Kier molecular flexibility index (Phi) is 26.6. The summed E-state index contributed by atoms with van der Waals surface area (Å²) in [6.45, 7) is -3.16. The molecule has 1 unspecified atom stereocenters. The molecule has 7 fully saturated rings. The zero-order chi connectivity index (χ0) is 66.5. The van der Waals surface area contributed by atoms with Gasteiger partial charge in [-0.05, 0) is 0 Å². The fraction of sp³-hybridized carbons (Fsp3) is 0.920. The van der Waals surface area contributed by atoms with Crippen LogP contribution in [0.25, 0.3) is 0 Å². The quantitative estimate of drug-likeness (QED) is 0.0452. The van der Waals surface area contributed by atoms with E-state index in [-0.39, 0.29) is 0 Å². The lowest BCUT2D eigenvalue weighted by atomic mass is 9.94. The lowest BCUT2D eigenvalue weighted by Gasteiger charge is -2.51. The van der Waals surface area contributed by atoms with Crippen molar-refractivity contribution in [2.24, 2.45) is 0 Å². The van der Waals surface area contributed by atoms with Crippen molar-refractivity contribution in [1.29, 1.82) is 0 Å². The van der Waals surface area contributed by atoms with Gasteiger partial charge in [0.25, 0.3) is 0 Å². The molecule has 7 heterocycles. The lowest BCUT2D eigenvalue weighted by Crippen LogP contribution is -2.70. The summed E-state index contributed by atoms with van der Waals surface area (Å²) >= 11 is 0. The van der Waals surface area contributed by atoms with E-state index in [4.69, 9.17) is 61.6 Å². The van der Waals surface area contributed by atoms with Crippen molar-refractivity contribution in [3.05, 3.63) is 0 Å². The highest BCUT2D eigenvalue weighted by atomic mass is 16.8. The van der Waals surface area contributed by atoms with Crippen LogP contribution in [0.15, 0.2) is 0 Å². The molecule has 7 aliphatic heterocycles. The Balaban J connectivity index is 1.24. The maximum Gasteiger partial charge on any atom is 0.217 e. The van der Waals surface area contributed by atoms with E-state index in [1.807, 2.05) is 0 Å². The third-order valence-electron chi connectivity index (χ3n) is 16.1. The number of rotatable bonds is 23. The Labute approximate surface area is 510 Å². The standard InChI is InChI=1S/C50H84N4O36/c1-12(61)51-23-32(70)27(65)16(5-55)80-45(23)86-39-21(10-60)85-48(26(35(39)73)54-15(4)64)89-42-36(74)30(68)19(8-58)83-49(42)78-11-22-40(87-46-24(52-13(2)62)33(71)28(66)17(6-56)81-46)41(38(76)44(77)79-22)88-50-43(37(75)31(69)20(9-59)84-50)90-47-25(53-14(3)63)34(72)29(67)18(7-57)82-47/h16-50,55-60,65-77H,5-11H2,1-4H3,(H,51,61)(H,52,62)(H,53,63)(H,54,64)/t16-,17-,18-,19-,20-,21-,22-,23-,24-,25-,26-,27+,28-,29-,30-,31-,32-,33-,34-,35-,36+,37+,38+,39-,40-,41-,42+,43+,44?,45+,46+,47+,48+,49+,50-/m1/s1. The minimum Gasteiger partial charge on any atom is -0.394 e. The third kappa shape index (κ3) is 16.4. The number of hydrogen-bond donors (Lipinski definition) is 23. The third-order valence-corrected chi connectivity index (χ3v) is 16.1. The minimum atomic E-state index is -2.44. The molecular formula is C50H84N4O36. The smallest absolute Gasteiger partial charge is 0.217 e. The zero-order valence-electron chi connectivity index (χ0n) is 48.6. The lowest BCUT2D eigenvalue weighted by molar-refractivity contribution is -0.397. The Morgan fingerprint density at radius 3 is 0.922 bits per heavy atom. The summed E-state index contributed by atoms with van der Waals surface area (Å²) in [5, 5.41) is 217. The van der Waals surface area contributed by atoms with E-state index in [0.717, 1.165) is 27.7 Å². The molecule has 0 aromatic carbocycles. The van der Waals surface area contributed by atoms with E-state index in [1.165, 1.54) is 0 Å². The molecule has 7 saturated heterocycles. The molecule has 520 valence electrons. The topological polar surface area (TPSA) is 621 Å². The van der Waals surface area contributed by atoms with Crippen molar-refractivity contribution in [3.8, 4) is 0 Å². The summed E-state index contributed by atoms with van der Waals surface area (Å²) in [4.78, 5) is 50.0. The number of amides is 4. The summed E-state index contributed by atoms with van der Waals surface area (Å²) in [7, 11) is 0. The number of hydrogen-bond acceptors (Lipinski definition) is 36. The van der Waals surface area contributed by atoms with Crippen LogP contribution in [0.4, 0.5) is 0 Å². The zero-order valence-corrected chi connectivity index (χ0v) is 48.6. The van der Waals surface area contributed by atoms with Crippen molar-refractivity contribution in [2.45, 2.75) is 242 Å². The summed E-state index contributed by atoms with van der Waals surface area (Å²) in [5.41, 5.74) is 0. The Morgan fingerprint density at radius 2 is 0.567 bits per heavy atom. The van der Waals surface area contributed by atoms with Crippen LogP contribution in [0.1, 0.15) is 27.7 Å². The molecule has 4 amide bonds. The monoisotopic (exact) mass is 1320 g/mol. The SMILES string of the molecule is CC(=O)N[C@H]1[C@H](O[C@@H]2[C@@H](OC[C@H]3OC(O)[C@@H](O)[C@@H](O[C@H]4O[C@H](CO)[C@@H](O)[C@H](O)[C@@H]4O[C@@H]4O[C@H](CO)[C@@H](O)[C@H](O)[C@H]4NC(C)=O)[C@@H]3O[C@@H]3O[C@H](CO)[C@@H](O)[C@H](O)[C@H]3NC(C)=O)O[C@H](CO)[C@@H](O)[C@@H]2O)O[C@H](CO)[C@@H](O[C@@H]2O[C@H](CO)[C@H](O)[C@H](O)[C@H]2NC(C)=O)[C@@H]1O. The maximum atomic E-state index is 12.8. The molecular weight excluding hydrogens is 1230 g/mol. The summed E-state index contributed by atoms with van der Waals surface area (Å²) in [6.07, 6.45) is -62.0. The fourth-order valence-corrected chi connectivity index (χ4v) is 11.5. The molecule has 40 heteroatoms. The summed E-state index contributed by atoms with van der Waals surface area (Å²) < 4.78 is 77.4. The highest BCUT2D eigenvalue weighted by molar-refractivity contribution is 5.74. The van der Waals surface area contributed by atoms with Gasteiger partial charge < -0.3 is 180 Å². The number of nitrogens with one attached hydrogen (secondary N) is 4. The van der Waals surface area contributed by atoms with Crippen molar-refractivity contribution in [2.75, 3.05) is 46.2 Å². The van der Waals surface area contributed by atoms with E-state index in [2.05, 4.69) is 21.3 Å². The van der Waals surface area contributed by atoms with Crippen LogP contribution in [0.2, 0.25) is 0 Å². The van der Waals surface area contributed by atoms with E-state index in [1.54, 1.807) is 0 Å². The normalized spacial score (nSPS) is 47.6. The van der Waals surface area contributed by atoms with E-state index >= 15 is 0 Å². The molecule has 0 spiro atoms. The van der Waals surface area contributed by atoms with E-state index in [0.29, 0.717) is 0 Å². The van der Waals surface area contributed by atoms with Crippen LogP contribution >= 0.6 is 0 Å². The second kappa shape index (κ2) is 32.4. The van der Waals surface area contributed by atoms with Crippen LogP contribution in [0.5, 0.6) is 0 Å². The molecule has 0 aliphatic carbocycles. The van der Waals surface area contributed by atoms with Crippen LogP contribution < -0.4 is 21.3 Å². The molecule has 0 saturated carbocycles. The molecule has 23 N–H and O–H groups in total. The molecule has 40 nitrogen and oxygen atoms in total. The number of aliphatic hydroxyl groups excluding tert-OH is 19. The van der Waals surface area contributed by atoms with Gasteiger partial charge in [-0.1, -0.05) is 0 Å². The van der Waals surface area contributed by atoms with Crippen LogP contribution in [-0.4, -0.2) is 382 Å². The van der Waals surface area contributed by atoms with Gasteiger partial charge in [0.15, 0.2) is 44.0 Å². The van der Waals surface area contributed by atoms with Crippen LogP contribution in [0, 0.1) is 0 Å². The van der Waals surface area contributed by atoms with Crippen molar-refractivity contribution in [3.63, 3.8) is 0 Å². The van der Waals surface area contributed by atoms with Gasteiger partial charge in [0.2, 0.25) is 23.6 Å². The number of carbonyl (C=O) groups is 4. The van der Waals surface area contributed by atoms with Gasteiger partial charge in [0.05, 0.1) is 46.2 Å². The molecule has 90 heavy (non-hydrogen) atoms. The maximum absolute atomic E-state index is 12.8. The van der Waals surface area contributed by atoms with Crippen molar-refractivity contribution >= 4 is 23.6 Å². The fourth-order valence-electron chi connectivity index (χ4n) is 11.5. The highest BCUT2D eigenvalue weighted by Crippen LogP contribution is 2.38. The van der Waals surface area contributed by atoms with Crippen LogP contribution in [-0.2, 0) is 80.8 Å². The van der Waals surface area contributed by atoms with Gasteiger partial charge in [0.1, 0.15) is 171 Å². The first-order chi connectivity index (χ1) is 42.5. The van der Waals surface area contributed by atoms with Gasteiger partial charge in [-0.3, -0.25) is 19.2 Å². The Bertz CT molecular complexity index is 2310. The second-order valence-corrected chi connectivity index (χ2v) is 22.5. The number of ether oxygens (including phenoxy) is 13. The molecule has 0 radical (unpaired) electrons.